The molecule has 1 saturated carbocycles. The van der Waals surface area contributed by atoms with Gasteiger partial charge in [-0.05, 0) is 25.0 Å². The van der Waals surface area contributed by atoms with Gasteiger partial charge in [-0.25, -0.2) is 4.98 Å². The molecule has 0 aliphatic heterocycles. The Labute approximate surface area is 109 Å². The molecule has 0 spiro atoms. The highest BCUT2D eigenvalue weighted by atomic mass is 35.5. The Bertz CT molecular complexity index is 447. The standard InChI is InChI=1S/C11H12Cl2N2O2/c12-8-2-1-7(9(13)15-8)10(17)14-5-11(6-16)3-4-11/h1-2,16H,3-6H2,(H,14,17). The van der Waals surface area contributed by atoms with Crippen molar-refractivity contribution in [2.75, 3.05) is 13.2 Å². The number of halogens is 2. The lowest BCUT2D eigenvalue weighted by Crippen LogP contribution is -2.32. The van der Waals surface area contributed by atoms with E-state index >= 15 is 0 Å². The maximum Gasteiger partial charge on any atom is 0.254 e. The average molecular weight is 275 g/mol. The van der Waals surface area contributed by atoms with E-state index in [1.807, 2.05) is 0 Å². The third-order valence-corrected chi connectivity index (χ3v) is 3.47. The highest BCUT2D eigenvalue weighted by Crippen LogP contribution is 2.44. The zero-order valence-corrected chi connectivity index (χ0v) is 10.6. The summed E-state index contributed by atoms with van der Waals surface area (Å²) in [6, 6.07) is 3.05. The first-order chi connectivity index (χ1) is 8.06. The first-order valence-electron chi connectivity index (χ1n) is 5.27. The Hall–Kier alpha value is -0.840. The molecule has 0 radical (unpaired) electrons. The van der Waals surface area contributed by atoms with Crippen molar-refractivity contribution in [1.82, 2.24) is 10.3 Å². The van der Waals surface area contributed by atoms with Gasteiger partial charge in [-0.1, -0.05) is 23.2 Å². The van der Waals surface area contributed by atoms with Crippen molar-refractivity contribution in [3.8, 4) is 0 Å². The summed E-state index contributed by atoms with van der Waals surface area (Å²) in [5, 5.41) is 12.2. The smallest absolute Gasteiger partial charge is 0.254 e. The van der Waals surface area contributed by atoms with Gasteiger partial charge in [0.2, 0.25) is 0 Å². The summed E-state index contributed by atoms with van der Waals surface area (Å²) in [5.74, 6) is -0.293. The second-order valence-electron chi connectivity index (χ2n) is 4.31. The van der Waals surface area contributed by atoms with Gasteiger partial charge in [0.25, 0.3) is 5.91 Å². The van der Waals surface area contributed by atoms with Gasteiger partial charge in [0, 0.05) is 12.0 Å². The molecule has 0 atom stereocenters. The number of carbonyl (C=O) groups is 1. The second-order valence-corrected chi connectivity index (χ2v) is 5.06. The van der Waals surface area contributed by atoms with E-state index in [0.717, 1.165) is 12.8 Å². The van der Waals surface area contributed by atoms with Crippen LogP contribution in [0.4, 0.5) is 0 Å². The SMILES string of the molecule is O=C(NCC1(CO)CC1)c1ccc(Cl)nc1Cl. The summed E-state index contributed by atoms with van der Waals surface area (Å²) in [6.45, 7) is 0.557. The number of carbonyl (C=O) groups excluding carboxylic acids is 1. The third kappa shape index (κ3) is 2.89. The van der Waals surface area contributed by atoms with Crippen LogP contribution in [0.25, 0.3) is 0 Å². The van der Waals surface area contributed by atoms with E-state index in [-0.39, 0.29) is 28.2 Å². The molecule has 2 N–H and O–H groups in total. The van der Waals surface area contributed by atoms with Crippen molar-refractivity contribution in [1.29, 1.82) is 0 Å². The summed E-state index contributed by atoms with van der Waals surface area (Å²) in [7, 11) is 0. The van der Waals surface area contributed by atoms with Crippen LogP contribution in [0, 0.1) is 5.41 Å². The lowest BCUT2D eigenvalue weighted by atomic mass is 10.1. The summed E-state index contributed by atoms with van der Waals surface area (Å²) < 4.78 is 0. The van der Waals surface area contributed by atoms with Crippen molar-refractivity contribution in [3.05, 3.63) is 28.0 Å². The van der Waals surface area contributed by atoms with E-state index in [4.69, 9.17) is 28.3 Å². The molecule has 0 saturated heterocycles. The van der Waals surface area contributed by atoms with Gasteiger partial charge in [-0.2, -0.15) is 0 Å². The van der Waals surface area contributed by atoms with E-state index in [0.29, 0.717) is 12.1 Å². The van der Waals surface area contributed by atoms with Crippen LogP contribution in [0.15, 0.2) is 12.1 Å². The molecule has 1 aromatic heterocycles. The number of aliphatic hydroxyl groups excluding tert-OH is 1. The van der Waals surface area contributed by atoms with Crippen LogP contribution in [0.1, 0.15) is 23.2 Å². The quantitative estimate of drug-likeness (QED) is 0.825. The zero-order valence-electron chi connectivity index (χ0n) is 9.04. The molecular weight excluding hydrogens is 263 g/mol. The van der Waals surface area contributed by atoms with Gasteiger partial charge >= 0.3 is 0 Å². The predicted molar refractivity (Wildman–Crippen MR) is 65.3 cm³/mol. The van der Waals surface area contributed by atoms with Gasteiger partial charge in [-0.15, -0.1) is 0 Å². The number of amides is 1. The van der Waals surface area contributed by atoms with E-state index in [9.17, 15) is 4.79 Å². The van der Waals surface area contributed by atoms with Crippen LogP contribution in [0.2, 0.25) is 10.3 Å². The Morgan fingerprint density at radius 1 is 1.47 bits per heavy atom. The van der Waals surface area contributed by atoms with E-state index in [1.165, 1.54) is 12.1 Å². The predicted octanol–water partition coefficient (Wildman–Crippen LogP) is 1.89. The summed E-state index contributed by atoms with van der Waals surface area (Å²) in [5.41, 5.74) is 0.173. The van der Waals surface area contributed by atoms with Crippen LogP contribution in [0.3, 0.4) is 0 Å². The zero-order chi connectivity index (χ0) is 12.5. The summed E-state index contributed by atoms with van der Waals surface area (Å²) >= 11 is 11.5. The van der Waals surface area contributed by atoms with Crippen LogP contribution >= 0.6 is 23.2 Å². The number of aromatic nitrogens is 1. The minimum atomic E-state index is -0.293. The molecule has 1 fully saturated rings. The largest absolute Gasteiger partial charge is 0.396 e. The van der Waals surface area contributed by atoms with Gasteiger partial charge in [0.05, 0.1) is 12.2 Å². The van der Waals surface area contributed by atoms with Gasteiger partial charge in [0.15, 0.2) is 0 Å². The molecule has 0 aromatic carbocycles. The Balaban J connectivity index is 2.00. The molecule has 1 heterocycles. The van der Waals surface area contributed by atoms with Crippen LogP contribution in [-0.4, -0.2) is 29.1 Å². The molecule has 92 valence electrons. The summed E-state index contributed by atoms with van der Waals surface area (Å²) in [6.07, 6.45) is 1.88. The number of hydrogen-bond acceptors (Lipinski definition) is 3. The minimum absolute atomic E-state index is 0.0869. The minimum Gasteiger partial charge on any atom is -0.396 e. The Morgan fingerprint density at radius 3 is 2.71 bits per heavy atom. The van der Waals surface area contributed by atoms with Crippen molar-refractivity contribution in [2.45, 2.75) is 12.8 Å². The topological polar surface area (TPSA) is 62.2 Å². The van der Waals surface area contributed by atoms with Crippen molar-refractivity contribution in [3.63, 3.8) is 0 Å². The molecule has 0 unspecified atom stereocenters. The lowest BCUT2D eigenvalue weighted by molar-refractivity contribution is 0.0935. The highest BCUT2D eigenvalue weighted by Gasteiger charge is 2.42. The fraction of sp³-hybridized carbons (Fsp3) is 0.455. The monoisotopic (exact) mass is 274 g/mol. The molecular formula is C11H12Cl2N2O2. The Morgan fingerprint density at radius 2 is 2.18 bits per heavy atom. The fourth-order valence-corrected chi connectivity index (χ4v) is 1.94. The number of nitrogens with zero attached hydrogens (tertiary/aromatic N) is 1. The molecule has 1 aliphatic rings. The maximum absolute atomic E-state index is 11.8. The normalized spacial score (nSPS) is 16.6. The van der Waals surface area contributed by atoms with E-state index in [1.54, 1.807) is 0 Å². The van der Waals surface area contributed by atoms with Crippen molar-refractivity contribution >= 4 is 29.1 Å². The molecule has 2 rings (SSSR count). The van der Waals surface area contributed by atoms with Crippen molar-refractivity contribution < 1.29 is 9.90 Å². The van der Waals surface area contributed by atoms with Gasteiger partial charge in [0.1, 0.15) is 10.3 Å². The number of pyridine rings is 1. The molecule has 4 nitrogen and oxygen atoms in total. The average Bonchev–Trinajstić information content (AvgIpc) is 3.07. The van der Waals surface area contributed by atoms with Crippen LogP contribution in [0.5, 0.6) is 0 Å². The maximum atomic E-state index is 11.8. The van der Waals surface area contributed by atoms with Crippen LogP contribution in [-0.2, 0) is 0 Å². The van der Waals surface area contributed by atoms with Crippen LogP contribution < -0.4 is 5.32 Å². The first-order valence-corrected chi connectivity index (χ1v) is 6.03. The number of nitrogens with one attached hydrogen (secondary N) is 1. The second kappa shape index (κ2) is 4.80. The van der Waals surface area contributed by atoms with E-state index in [2.05, 4.69) is 10.3 Å². The van der Waals surface area contributed by atoms with Crippen molar-refractivity contribution in [2.24, 2.45) is 5.41 Å². The molecule has 0 bridgehead atoms. The number of aliphatic hydroxyl groups is 1. The number of hydrogen-bond donors (Lipinski definition) is 2. The first kappa shape index (κ1) is 12.6. The Kier molecular flexibility index (Phi) is 3.56. The molecule has 1 aromatic rings. The molecule has 6 heteroatoms. The summed E-state index contributed by atoms with van der Waals surface area (Å²) in [4.78, 5) is 15.6. The van der Waals surface area contributed by atoms with Gasteiger partial charge < -0.3 is 10.4 Å². The lowest BCUT2D eigenvalue weighted by Gasteiger charge is -2.13. The molecule has 1 aliphatic carbocycles. The fourth-order valence-electron chi connectivity index (χ4n) is 1.51. The molecule has 17 heavy (non-hydrogen) atoms. The number of rotatable bonds is 4. The van der Waals surface area contributed by atoms with E-state index < -0.39 is 0 Å². The van der Waals surface area contributed by atoms with Gasteiger partial charge in [-0.3, -0.25) is 4.79 Å². The highest BCUT2D eigenvalue weighted by molar-refractivity contribution is 6.34. The third-order valence-electron chi connectivity index (χ3n) is 2.98. The molecule has 1 amide bonds.